The van der Waals surface area contributed by atoms with Crippen molar-refractivity contribution < 1.29 is 0 Å². The highest BCUT2D eigenvalue weighted by Gasteiger charge is 2.17. The second-order valence-corrected chi connectivity index (χ2v) is 4.59. The fraction of sp³-hybridized carbons (Fsp3) is 0.750. The predicted octanol–water partition coefficient (Wildman–Crippen LogP) is 2.41. The summed E-state index contributed by atoms with van der Waals surface area (Å²) in [6.45, 7) is 8.69. The minimum atomic E-state index is 0.447. The van der Waals surface area contributed by atoms with E-state index in [0.29, 0.717) is 12.0 Å². The highest BCUT2D eigenvalue weighted by atomic mass is 15.3. The molecule has 4 nitrogen and oxygen atoms in total. The third kappa shape index (κ3) is 2.49. The van der Waals surface area contributed by atoms with Crippen molar-refractivity contribution >= 4 is 11.5 Å². The van der Waals surface area contributed by atoms with Gasteiger partial charge in [-0.2, -0.15) is 5.10 Å². The van der Waals surface area contributed by atoms with Gasteiger partial charge in [-0.3, -0.25) is 4.68 Å². The third-order valence-corrected chi connectivity index (χ3v) is 3.06. The Balaban J connectivity index is 2.91. The van der Waals surface area contributed by atoms with Crippen molar-refractivity contribution in [3.63, 3.8) is 0 Å². The molecule has 0 spiro atoms. The van der Waals surface area contributed by atoms with Gasteiger partial charge in [-0.25, -0.2) is 0 Å². The fourth-order valence-electron chi connectivity index (χ4n) is 1.94. The molecular weight excluding hydrogens is 200 g/mol. The Kier molecular flexibility index (Phi) is 4.21. The van der Waals surface area contributed by atoms with Crippen molar-refractivity contribution in [1.82, 2.24) is 9.78 Å². The smallest absolute Gasteiger partial charge is 0.148 e. The Bertz CT molecular complexity index is 341. The van der Waals surface area contributed by atoms with E-state index in [-0.39, 0.29) is 0 Å². The van der Waals surface area contributed by atoms with E-state index in [4.69, 9.17) is 5.73 Å². The van der Waals surface area contributed by atoms with Crippen LogP contribution in [-0.4, -0.2) is 15.8 Å². The van der Waals surface area contributed by atoms with E-state index in [1.807, 2.05) is 11.7 Å². The Morgan fingerprint density at radius 3 is 2.38 bits per heavy atom. The summed E-state index contributed by atoms with van der Waals surface area (Å²) in [5.41, 5.74) is 7.84. The molecule has 1 unspecified atom stereocenters. The van der Waals surface area contributed by atoms with Gasteiger partial charge in [-0.1, -0.05) is 27.7 Å². The van der Waals surface area contributed by atoms with E-state index in [1.54, 1.807) is 0 Å². The topological polar surface area (TPSA) is 55.9 Å². The Hall–Kier alpha value is -1.19. The van der Waals surface area contributed by atoms with Crippen LogP contribution in [0.15, 0.2) is 0 Å². The summed E-state index contributed by atoms with van der Waals surface area (Å²) >= 11 is 0. The molecule has 0 saturated heterocycles. The second-order valence-electron chi connectivity index (χ2n) is 4.59. The Morgan fingerprint density at radius 2 is 2.00 bits per heavy atom. The molecule has 0 amide bonds. The molecule has 3 N–H and O–H groups in total. The van der Waals surface area contributed by atoms with Gasteiger partial charge in [-0.05, 0) is 18.8 Å². The zero-order valence-corrected chi connectivity index (χ0v) is 11.0. The number of nitrogen functional groups attached to an aromatic ring is 1. The van der Waals surface area contributed by atoms with Crippen LogP contribution in [-0.2, 0) is 13.5 Å². The zero-order chi connectivity index (χ0) is 12.3. The Morgan fingerprint density at radius 1 is 1.38 bits per heavy atom. The lowest BCUT2D eigenvalue weighted by molar-refractivity contribution is 0.506. The van der Waals surface area contributed by atoms with Gasteiger partial charge in [0.1, 0.15) is 5.82 Å². The Labute approximate surface area is 98.2 Å². The van der Waals surface area contributed by atoms with Crippen LogP contribution < -0.4 is 11.1 Å². The van der Waals surface area contributed by atoms with Crippen molar-refractivity contribution in [2.75, 3.05) is 11.1 Å². The van der Waals surface area contributed by atoms with Gasteiger partial charge in [0.25, 0.3) is 0 Å². The SMILES string of the molecule is CCc1nn(C)c(NC(CC)C(C)C)c1N. The van der Waals surface area contributed by atoms with Crippen molar-refractivity contribution in [3.05, 3.63) is 5.69 Å². The molecule has 0 bridgehead atoms. The van der Waals surface area contributed by atoms with E-state index in [1.165, 1.54) is 0 Å². The first kappa shape index (κ1) is 12.9. The van der Waals surface area contributed by atoms with Crippen LogP contribution in [0.2, 0.25) is 0 Å². The summed E-state index contributed by atoms with van der Waals surface area (Å²) in [7, 11) is 1.94. The first-order valence-corrected chi connectivity index (χ1v) is 6.09. The number of nitrogens with two attached hydrogens (primary N) is 1. The third-order valence-electron chi connectivity index (χ3n) is 3.06. The van der Waals surface area contributed by atoms with Gasteiger partial charge in [-0.15, -0.1) is 0 Å². The number of rotatable bonds is 5. The predicted molar refractivity (Wildman–Crippen MR) is 69.5 cm³/mol. The number of nitrogens with one attached hydrogen (secondary N) is 1. The van der Waals surface area contributed by atoms with Crippen LogP contribution in [0.3, 0.4) is 0 Å². The summed E-state index contributed by atoms with van der Waals surface area (Å²) in [5.74, 6) is 1.54. The number of aryl methyl sites for hydroxylation is 2. The van der Waals surface area contributed by atoms with E-state index >= 15 is 0 Å². The van der Waals surface area contributed by atoms with Gasteiger partial charge < -0.3 is 11.1 Å². The van der Waals surface area contributed by atoms with Crippen LogP contribution >= 0.6 is 0 Å². The first-order chi connectivity index (χ1) is 7.51. The molecule has 1 rings (SSSR count). The quantitative estimate of drug-likeness (QED) is 0.807. The molecule has 1 aromatic rings. The highest BCUT2D eigenvalue weighted by Crippen LogP contribution is 2.24. The lowest BCUT2D eigenvalue weighted by Crippen LogP contribution is -2.26. The molecule has 1 aromatic heterocycles. The average Bonchev–Trinajstić information content (AvgIpc) is 2.51. The molecule has 0 fully saturated rings. The summed E-state index contributed by atoms with van der Waals surface area (Å²) in [6.07, 6.45) is 1.96. The van der Waals surface area contributed by atoms with Crippen molar-refractivity contribution in [3.8, 4) is 0 Å². The van der Waals surface area contributed by atoms with Gasteiger partial charge >= 0.3 is 0 Å². The highest BCUT2D eigenvalue weighted by molar-refractivity contribution is 5.65. The van der Waals surface area contributed by atoms with E-state index in [9.17, 15) is 0 Å². The number of nitrogens with zero attached hydrogens (tertiary/aromatic N) is 2. The van der Waals surface area contributed by atoms with E-state index in [2.05, 4.69) is 38.1 Å². The monoisotopic (exact) mass is 224 g/mol. The lowest BCUT2D eigenvalue weighted by atomic mass is 10.0. The van der Waals surface area contributed by atoms with Crippen molar-refractivity contribution in [1.29, 1.82) is 0 Å². The minimum Gasteiger partial charge on any atom is -0.394 e. The lowest BCUT2D eigenvalue weighted by Gasteiger charge is -2.22. The maximum atomic E-state index is 6.07. The van der Waals surface area contributed by atoms with Crippen molar-refractivity contribution in [2.24, 2.45) is 13.0 Å². The maximum absolute atomic E-state index is 6.07. The number of aromatic nitrogens is 2. The van der Waals surface area contributed by atoms with Gasteiger partial charge in [0, 0.05) is 13.1 Å². The van der Waals surface area contributed by atoms with Crippen LogP contribution in [0, 0.1) is 5.92 Å². The molecule has 0 aliphatic carbocycles. The van der Waals surface area contributed by atoms with Crippen LogP contribution in [0.1, 0.15) is 39.8 Å². The molecule has 0 radical (unpaired) electrons. The number of anilines is 2. The average molecular weight is 224 g/mol. The number of hydrogen-bond donors (Lipinski definition) is 2. The first-order valence-electron chi connectivity index (χ1n) is 6.09. The molecule has 0 saturated carbocycles. The van der Waals surface area contributed by atoms with Crippen molar-refractivity contribution in [2.45, 2.75) is 46.6 Å². The molecule has 0 aliphatic rings. The van der Waals surface area contributed by atoms with Crippen LogP contribution in [0.4, 0.5) is 11.5 Å². The summed E-state index contributed by atoms with van der Waals surface area (Å²) in [6, 6.07) is 0.447. The summed E-state index contributed by atoms with van der Waals surface area (Å²) < 4.78 is 1.85. The van der Waals surface area contributed by atoms with Gasteiger partial charge in [0.2, 0.25) is 0 Å². The molecule has 92 valence electrons. The second kappa shape index (κ2) is 5.23. The molecule has 0 aromatic carbocycles. The maximum Gasteiger partial charge on any atom is 0.148 e. The fourth-order valence-corrected chi connectivity index (χ4v) is 1.94. The molecule has 4 heteroatoms. The van der Waals surface area contributed by atoms with Gasteiger partial charge in [0.05, 0.1) is 11.4 Å². The van der Waals surface area contributed by atoms with E-state index < -0.39 is 0 Å². The van der Waals surface area contributed by atoms with E-state index in [0.717, 1.165) is 30.0 Å². The normalized spacial score (nSPS) is 13.1. The molecular formula is C12H24N4. The molecule has 16 heavy (non-hydrogen) atoms. The van der Waals surface area contributed by atoms with Gasteiger partial charge in [0.15, 0.2) is 0 Å². The van der Waals surface area contributed by atoms with Crippen LogP contribution in [0.5, 0.6) is 0 Å². The molecule has 1 heterocycles. The molecule has 1 atom stereocenters. The van der Waals surface area contributed by atoms with Crippen LogP contribution in [0.25, 0.3) is 0 Å². The summed E-state index contributed by atoms with van der Waals surface area (Å²) in [4.78, 5) is 0. The standard InChI is InChI=1S/C12H24N4/c1-6-9(8(3)4)14-12-11(13)10(7-2)15-16(12)5/h8-9,14H,6-7,13H2,1-5H3. The zero-order valence-electron chi connectivity index (χ0n) is 11.0. The minimum absolute atomic E-state index is 0.447. The summed E-state index contributed by atoms with van der Waals surface area (Å²) in [5, 5.41) is 7.90. The molecule has 0 aliphatic heterocycles. The largest absolute Gasteiger partial charge is 0.394 e. The number of hydrogen-bond acceptors (Lipinski definition) is 3.